The molecule has 1 amide bonds. The number of H-pyrrole nitrogens is 1. The molecule has 0 atom stereocenters. The maximum atomic E-state index is 11.5. The zero-order valence-corrected chi connectivity index (χ0v) is 16.9. The zero-order chi connectivity index (χ0) is 21.0. The molecule has 5 rings (SSSR count). The molecule has 0 unspecified atom stereocenters. The van der Waals surface area contributed by atoms with Gasteiger partial charge in [-0.05, 0) is 65.6 Å². The summed E-state index contributed by atoms with van der Waals surface area (Å²) in [4.78, 5) is 11.5. The molecule has 0 saturated heterocycles. The van der Waals surface area contributed by atoms with Gasteiger partial charge in [-0.2, -0.15) is 5.10 Å². The van der Waals surface area contributed by atoms with Gasteiger partial charge in [0.15, 0.2) is 5.82 Å². The number of benzene rings is 3. The van der Waals surface area contributed by atoms with Crippen molar-refractivity contribution in [2.24, 2.45) is 0 Å². The Kier molecular flexibility index (Phi) is 5.10. The Morgan fingerprint density at radius 2 is 1.77 bits per heavy atom. The number of amides is 1. The molecule has 31 heavy (non-hydrogen) atoms. The SMILES string of the molecule is O=C1CCc2cc(Nc3cc(-c4ccc(OCc5ccccc5)cc4)[nH]n3)ccc2N1. The van der Waals surface area contributed by atoms with Gasteiger partial charge < -0.3 is 15.4 Å². The van der Waals surface area contributed by atoms with Gasteiger partial charge in [0.05, 0.1) is 5.69 Å². The van der Waals surface area contributed by atoms with Crippen molar-refractivity contribution in [2.45, 2.75) is 19.4 Å². The van der Waals surface area contributed by atoms with E-state index < -0.39 is 0 Å². The summed E-state index contributed by atoms with van der Waals surface area (Å²) >= 11 is 0. The van der Waals surface area contributed by atoms with Crippen LogP contribution >= 0.6 is 0 Å². The van der Waals surface area contributed by atoms with E-state index in [9.17, 15) is 4.79 Å². The molecule has 0 bridgehead atoms. The highest BCUT2D eigenvalue weighted by atomic mass is 16.5. The van der Waals surface area contributed by atoms with E-state index >= 15 is 0 Å². The molecule has 154 valence electrons. The minimum atomic E-state index is 0.0710. The second-order valence-electron chi connectivity index (χ2n) is 7.51. The van der Waals surface area contributed by atoms with Crippen molar-refractivity contribution < 1.29 is 9.53 Å². The second-order valence-corrected chi connectivity index (χ2v) is 7.51. The largest absolute Gasteiger partial charge is 0.489 e. The highest BCUT2D eigenvalue weighted by Crippen LogP contribution is 2.28. The van der Waals surface area contributed by atoms with Crippen molar-refractivity contribution in [3.05, 3.63) is 90.0 Å². The summed E-state index contributed by atoms with van der Waals surface area (Å²) < 4.78 is 5.85. The highest BCUT2D eigenvalue weighted by molar-refractivity contribution is 5.94. The third kappa shape index (κ3) is 4.43. The number of aromatic amines is 1. The summed E-state index contributed by atoms with van der Waals surface area (Å²) in [6.45, 7) is 0.544. The van der Waals surface area contributed by atoms with Crippen LogP contribution in [0.25, 0.3) is 11.3 Å². The number of aromatic nitrogens is 2. The Hall–Kier alpha value is -4.06. The molecule has 2 heterocycles. The van der Waals surface area contributed by atoms with Crippen LogP contribution in [0.3, 0.4) is 0 Å². The van der Waals surface area contributed by atoms with Crippen molar-refractivity contribution in [3.8, 4) is 17.0 Å². The predicted octanol–water partition coefficient (Wildman–Crippen LogP) is 5.28. The quantitative estimate of drug-likeness (QED) is 0.404. The van der Waals surface area contributed by atoms with E-state index in [0.717, 1.165) is 51.7 Å². The number of fused-ring (bicyclic) bond motifs is 1. The van der Waals surface area contributed by atoms with Gasteiger partial charge in [-0.25, -0.2) is 0 Å². The number of anilines is 3. The fourth-order valence-corrected chi connectivity index (χ4v) is 3.61. The minimum Gasteiger partial charge on any atom is -0.489 e. The molecule has 3 N–H and O–H groups in total. The van der Waals surface area contributed by atoms with E-state index in [-0.39, 0.29) is 5.91 Å². The van der Waals surface area contributed by atoms with Gasteiger partial charge in [0.2, 0.25) is 5.91 Å². The Morgan fingerprint density at radius 3 is 2.61 bits per heavy atom. The molecular formula is C25H22N4O2. The minimum absolute atomic E-state index is 0.0710. The number of nitrogens with one attached hydrogen (secondary N) is 3. The molecule has 6 heteroatoms. The Labute approximate surface area is 180 Å². The molecule has 1 aliphatic heterocycles. The van der Waals surface area contributed by atoms with Gasteiger partial charge in [0.25, 0.3) is 0 Å². The lowest BCUT2D eigenvalue weighted by atomic mass is 10.0. The third-order valence-electron chi connectivity index (χ3n) is 5.26. The Morgan fingerprint density at radius 1 is 0.935 bits per heavy atom. The lowest BCUT2D eigenvalue weighted by Crippen LogP contribution is -2.18. The van der Waals surface area contributed by atoms with Crippen LogP contribution in [0, 0.1) is 0 Å². The van der Waals surface area contributed by atoms with Gasteiger partial charge in [0, 0.05) is 23.9 Å². The molecule has 6 nitrogen and oxygen atoms in total. The second kappa shape index (κ2) is 8.36. The van der Waals surface area contributed by atoms with Crippen molar-refractivity contribution in [1.82, 2.24) is 10.2 Å². The molecule has 0 aliphatic carbocycles. The van der Waals surface area contributed by atoms with Gasteiger partial charge in [-0.15, -0.1) is 0 Å². The normalized spacial score (nSPS) is 12.7. The van der Waals surface area contributed by atoms with Crippen LogP contribution in [0.5, 0.6) is 5.75 Å². The number of rotatable bonds is 6. The fourth-order valence-electron chi connectivity index (χ4n) is 3.61. The molecule has 3 aromatic carbocycles. The number of ether oxygens (including phenoxy) is 1. The molecule has 0 saturated carbocycles. The van der Waals surface area contributed by atoms with E-state index in [2.05, 4.69) is 26.9 Å². The van der Waals surface area contributed by atoms with Gasteiger partial charge in [-0.1, -0.05) is 30.3 Å². The van der Waals surface area contributed by atoms with Crippen molar-refractivity contribution >= 4 is 23.1 Å². The average Bonchev–Trinajstić information content (AvgIpc) is 3.27. The lowest BCUT2D eigenvalue weighted by Gasteiger charge is -2.17. The third-order valence-corrected chi connectivity index (χ3v) is 5.26. The molecule has 0 fully saturated rings. The number of nitrogens with zero attached hydrogens (tertiary/aromatic N) is 1. The molecule has 4 aromatic rings. The molecule has 0 radical (unpaired) electrons. The van der Waals surface area contributed by atoms with E-state index in [4.69, 9.17) is 4.74 Å². The lowest BCUT2D eigenvalue weighted by molar-refractivity contribution is -0.116. The van der Waals surface area contributed by atoms with E-state index in [1.54, 1.807) is 0 Å². The first kappa shape index (κ1) is 18.9. The van der Waals surface area contributed by atoms with Crippen LogP contribution in [0.2, 0.25) is 0 Å². The number of carbonyl (C=O) groups is 1. The first-order valence-corrected chi connectivity index (χ1v) is 10.3. The summed E-state index contributed by atoms with van der Waals surface area (Å²) in [5.41, 5.74) is 6.05. The highest BCUT2D eigenvalue weighted by Gasteiger charge is 2.15. The zero-order valence-electron chi connectivity index (χ0n) is 16.9. The molecule has 1 aliphatic rings. The monoisotopic (exact) mass is 410 g/mol. The van der Waals surface area contributed by atoms with E-state index in [0.29, 0.717) is 13.0 Å². The average molecular weight is 410 g/mol. The molecule has 0 spiro atoms. The summed E-state index contributed by atoms with van der Waals surface area (Å²) in [6, 6.07) is 26.0. The Bertz CT molecular complexity index is 1200. The van der Waals surface area contributed by atoms with Gasteiger partial charge in [-0.3, -0.25) is 9.89 Å². The molecular weight excluding hydrogens is 388 g/mol. The van der Waals surface area contributed by atoms with Crippen molar-refractivity contribution in [1.29, 1.82) is 0 Å². The number of aryl methyl sites for hydroxylation is 1. The van der Waals surface area contributed by atoms with Crippen LogP contribution < -0.4 is 15.4 Å². The van der Waals surface area contributed by atoms with Crippen LogP contribution in [0.4, 0.5) is 17.2 Å². The van der Waals surface area contributed by atoms with Gasteiger partial charge in [0.1, 0.15) is 12.4 Å². The number of hydrogen-bond donors (Lipinski definition) is 3. The smallest absolute Gasteiger partial charge is 0.224 e. The van der Waals surface area contributed by atoms with E-state index in [1.807, 2.05) is 72.8 Å². The summed E-state index contributed by atoms with van der Waals surface area (Å²) in [5, 5.41) is 13.7. The number of hydrogen-bond acceptors (Lipinski definition) is 4. The maximum Gasteiger partial charge on any atom is 0.224 e. The van der Waals surface area contributed by atoms with Crippen molar-refractivity contribution in [2.75, 3.05) is 10.6 Å². The van der Waals surface area contributed by atoms with Crippen LogP contribution in [-0.2, 0) is 17.8 Å². The van der Waals surface area contributed by atoms with E-state index in [1.165, 1.54) is 0 Å². The summed E-state index contributed by atoms with van der Waals surface area (Å²) in [7, 11) is 0. The predicted molar refractivity (Wildman–Crippen MR) is 121 cm³/mol. The summed E-state index contributed by atoms with van der Waals surface area (Å²) in [6.07, 6.45) is 1.27. The van der Waals surface area contributed by atoms with Crippen LogP contribution in [0.15, 0.2) is 78.9 Å². The van der Waals surface area contributed by atoms with Crippen LogP contribution in [0.1, 0.15) is 17.5 Å². The topological polar surface area (TPSA) is 79.0 Å². The molecule has 1 aromatic heterocycles. The van der Waals surface area contributed by atoms with Crippen LogP contribution in [-0.4, -0.2) is 16.1 Å². The maximum absolute atomic E-state index is 11.5. The first-order chi connectivity index (χ1) is 15.2. The van der Waals surface area contributed by atoms with Crippen molar-refractivity contribution in [3.63, 3.8) is 0 Å². The summed E-state index contributed by atoms with van der Waals surface area (Å²) in [5.74, 6) is 1.63. The Balaban J connectivity index is 1.24. The first-order valence-electron chi connectivity index (χ1n) is 10.3. The van der Waals surface area contributed by atoms with Gasteiger partial charge >= 0.3 is 0 Å². The number of carbonyl (C=O) groups excluding carboxylic acids is 1. The standard InChI is InChI=1S/C25H22N4O2/c30-25-13-8-19-14-20(9-12-22(19)27-25)26-24-15-23(28-29-24)18-6-10-21(11-7-18)31-16-17-4-2-1-3-5-17/h1-7,9-12,14-15H,8,13,16H2,(H,27,30)(H2,26,28,29). The fraction of sp³-hybridized carbons (Fsp3) is 0.120.